The summed E-state index contributed by atoms with van der Waals surface area (Å²) in [6.07, 6.45) is -5.40. The van der Waals surface area contributed by atoms with E-state index in [0.29, 0.717) is 40.9 Å². The Morgan fingerprint density at radius 1 is 1.00 bits per heavy atom. The quantitative estimate of drug-likeness (QED) is 0.347. The molecule has 4 nitrogen and oxygen atoms in total. The van der Waals surface area contributed by atoms with Gasteiger partial charge in [0.05, 0.1) is 18.5 Å². The third-order valence-electron chi connectivity index (χ3n) is 4.11. The zero-order valence-corrected chi connectivity index (χ0v) is 17.2. The Balaban J connectivity index is 2.53. The van der Waals surface area contributed by atoms with Crippen LogP contribution in [0.1, 0.15) is 20.3 Å². The van der Waals surface area contributed by atoms with Crippen LogP contribution in [0.2, 0.25) is 0 Å². The second-order valence-corrected chi connectivity index (χ2v) is 9.37. The highest BCUT2D eigenvalue weighted by molar-refractivity contribution is 8.29. The second kappa shape index (κ2) is 8.12. The zero-order chi connectivity index (χ0) is 20.6. The third kappa shape index (κ3) is 4.04. The number of rotatable bonds is 3. The summed E-state index contributed by atoms with van der Waals surface area (Å²) in [6, 6.07) is 0. The van der Waals surface area contributed by atoms with Crippen LogP contribution in [0.3, 0.4) is 0 Å². The van der Waals surface area contributed by atoms with Crippen molar-refractivity contribution in [2.24, 2.45) is 0 Å². The molecule has 1 atom stereocenters. The first-order valence-electron chi connectivity index (χ1n) is 7.51. The molecule has 2 heterocycles. The number of methoxy groups -OCH3 is 2. The number of allylic oxidation sites excluding steroid dienone is 1. The van der Waals surface area contributed by atoms with Crippen LogP contribution in [-0.2, 0) is 19.1 Å². The average molecular weight is 444 g/mol. The number of thioether (sulfide) groups is 3. The molecule has 11 heteroatoms. The fourth-order valence-corrected chi connectivity index (χ4v) is 6.44. The molecule has 2 aliphatic rings. The Morgan fingerprint density at radius 3 is 1.85 bits per heavy atom. The maximum atomic E-state index is 15.3. The van der Waals surface area contributed by atoms with E-state index < -0.39 is 39.3 Å². The Labute approximate surface area is 166 Å². The molecule has 1 unspecified atom stereocenters. The fourth-order valence-electron chi connectivity index (χ4n) is 2.38. The summed E-state index contributed by atoms with van der Waals surface area (Å²) in [5, 5.41) is 0. The van der Waals surface area contributed by atoms with Crippen LogP contribution in [0, 0.1) is 0 Å². The zero-order valence-electron chi connectivity index (χ0n) is 14.8. The van der Waals surface area contributed by atoms with Crippen molar-refractivity contribution in [3.63, 3.8) is 0 Å². The fraction of sp³-hybridized carbons (Fsp3) is 0.500. The smallest absolute Gasteiger partial charge is 0.409 e. The lowest BCUT2D eigenvalue weighted by Crippen LogP contribution is -2.45. The highest BCUT2D eigenvalue weighted by atomic mass is 32.2. The minimum atomic E-state index is -4.86. The van der Waals surface area contributed by atoms with Crippen molar-refractivity contribution in [3.05, 3.63) is 31.0 Å². The van der Waals surface area contributed by atoms with Crippen molar-refractivity contribution in [3.8, 4) is 0 Å². The molecular formula is C16H16F4O4S3. The van der Waals surface area contributed by atoms with Crippen molar-refractivity contribution in [2.45, 2.75) is 31.2 Å². The van der Waals surface area contributed by atoms with E-state index >= 15 is 4.39 Å². The third-order valence-corrected chi connectivity index (χ3v) is 8.24. The van der Waals surface area contributed by atoms with E-state index in [1.807, 2.05) is 0 Å². The minimum absolute atomic E-state index is 0.0303. The van der Waals surface area contributed by atoms with E-state index in [1.165, 1.54) is 0 Å². The first-order chi connectivity index (χ1) is 12.5. The van der Waals surface area contributed by atoms with E-state index in [4.69, 9.17) is 0 Å². The molecule has 0 aromatic carbocycles. The average Bonchev–Trinajstić information content (AvgIpc) is 3.06. The topological polar surface area (TPSA) is 52.6 Å². The van der Waals surface area contributed by atoms with Crippen LogP contribution in [0.4, 0.5) is 17.6 Å². The lowest BCUT2D eigenvalue weighted by atomic mass is 9.94. The van der Waals surface area contributed by atoms with Gasteiger partial charge in [-0.3, -0.25) is 0 Å². The van der Waals surface area contributed by atoms with Crippen LogP contribution in [-0.4, -0.2) is 42.8 Å². The minimum Gasteiger partial charge on any atom is -0.465 e. The van der Waals surface area contributed by atoms with Gasteiger partial charge in [0.25, 0.3) is 0 Å². The summed E-state index contributed by atoms with van der Waals surface area (Å²) in [5.74, 6) is -3.27. The summed E-state index contributed by atoms with van der Waals surface area (Å²) in [6.45, 7) is 3.25. The summed E-state index contributed by atoms with van der Waals surface area (Å²) < 4.78 is 62.9. The Morgan fingerprint density at radius 2 is 1.48 bits per heavy atom. The van der Waals surface area contributed by atoms with Gasteiger partial charge in [0.15, 0.2) is 4.75 Å². The molecular weight excluding hydrogens is 428 g/mol. The van der Waals surface area contributed by atoms with Crippen molar-refractivity contribution in [1.82, 2.24) is 0 Å². The number of esters is 2. The SMILES string of the molecule is COC(=O)C1=C(C(=O)OC)SC(=C(F)C2(C(F)(F)F)CC(C)=C(C)CS2)S1. The number of alkyl halides is 3. The molecule has 0 aliphatic carbocycles. The molecule has 0 N–H and O–H groups in total. The molecule has 2 aliphatic heterocycles. The molecule has 0 saturated heterocycles. The van der Waals surface area contributed by atoms with Crippen molar-refractivity contribution < 1.29 is 36.6 Å². The summed E-state index contributed by atoms with van der Waals surface area (Å²) in [5.41, 5.74) is 1.23. The van der Waals surface area contributed by atoms with Gasteiger partial charge in [0, 0.05) is 5.75 Å². The van der Waals surface area contributed by atoms with Crippen LogP contribution < -0.4 is 0 Å². The molecule has 0 spiro atoms. The van der Waals surface area contributed by atoms with Crippen molar-refractivity contribution >= 4 is 47.2 Å². The van der Waals surface area contributed by atoms with Gasteiger partial charge in [-0.1, -0.05) is 34.7 Å². The van der Waals surface area contributed by atoms with Crippen LogP contribution in [0.25, 0.3) is 0 Å². The van der Waals surface area contributed by atoms with Gasteiger partial charge in [-0.05, 0) is 20.3 Å². The van der Waals surface area contributed by atoms with Crippen molar-refractivity contribution in [1.29, 1.82) is 0 Å². The first-order valence-corrected chi connectivity index (χ1v) is 10.1. The van der Waals surface area contributed by atoms with E-state index in [-0.39, 0.29) is 15.6 Å². The molecule has 0 aromatic rings. The lowest BCUT2D eigenvalue weighted by Gasteiger charge is -2.38. The van der Waals surface area contributed by atoms with E-state index in [9.17, 15) is 22.8 Å². The Bertz CT molecular complexity index is 740. The van der Waals surface area contributed by atoms with Crippen LogP contribution >= 0.6 is 35.3 Å². The molecule has 0 aromatic heterocycles. The maximum absolute atomic E-state index is 15.3. The molecule has 2 rings (SSSR count). The molecule has 0 fully saturated rings. The molecule has 0 saturated carbocycles. The molecule has 0 amide bonds. The maximum Gasteiger partial charge on any atom is 0.409 e. The summed E-state index contributed by atoms with van der Waals surface area (Å²) >= 11 is 1.37. The Hall–Kier alpha value is -1.07. The highest BCUT2D eigenvalue weighted by Crippen LogP contribution is 2.60. The van der Waals surface area contributed by atoms with Gasteiger partial charge in [-0.15, -0.1) is 11.8 Å². The van der Waals surface area contributed by atoms with E-state index in [1.54, 1.807) is 13.8 Å². The van der Waals surface area contributed by atoms with Crippen molar-refractivity contribution in [2.75, 3.05) is 20.0 Å². The van der Waals surface area contributed by atoms with Gasteiger partial charge < -0.3 is 9.47 Å². The van der Waals surface area contributed by atoms with Gasteiger partial charge in [0.1, 0.15) is 15.6 Å². The molecule has 0 bridgehead atoms. The summed E-state index contributed by atoms with van der Waals surface area (Å²) in [7, 11) is 2.11. The second-order valence-electron chi connectivity index (χ2n) is 5.80. The van der Waals surface area contributed by atoms with Gasteiger partial charge >= 0.3 is 18.1 Å². The number of carbonyl (C=O) groups is 2. The predicted molar refractivity (Wildman–Crippen MR) is 98.6 cm³/mol. The standard InChI is InChI=1S/C16H16F4O4S3/c1-7-5-15(16(18,19)20,25-6-8(7)2)11(17)14-26-9(12(21)23-3)10(27-14)13(22)24-4/h5-6H2,1-4H3. The predicted octanol–water partition coefficient (Wildman–Crippen LogP) is 4.94. The normalized spacial score (nSPS) is 23.6. The van der Waals surface area contributed by atoms with Gasteiger partial charge in [0.2, 0.25) is 0 Å². The monoisotopic (exact) mass is 444 g/mol. The number of halogens is 4. The van der Waals surface area contributed by atoms with E-state index in [2.05, 4.69) is 9.47 Å². The van der Waals surface area contributed by atoms with Gasteiger partial charge in [-0.25, -0.2) is 14.0 Å². The summed E-state index contributed by atoms with van der Waals surface area (Å²) in [4.78, 5) is 23.1. The largest absolute Gasteiger partial charge is 0.465 e. The highest BCUT2D eigenvalue weighted by Gasteiger charge is 2.61. The van der Waals surface area contributed by atoms with Gasteiger partial charge in [-0.2, -0.15) is 13.2 Å². The lowest BCUT2D eigenvalue weighted by molar-refractivity contribution is -0.154. The first kappa shape index (κ1) is 22.2. The number of ether oxygens (including phenoxy) is 2. The number of carbonyl (C=O) groups excluding carboxylic acids is 2. The molecule has 150 valence electrons. The van der Waals surface area contributed by atoms with E-state index in [0.717, 1.165) is 19.8 Å². The molecule has 0 radical (unpaired) electrons. The van der Waals surface area contributed by atoms with Crippen LogP contribution in [0.5, 0.6) is 0 Å². The van der Waals surface area contributed by atoms with Crippen LogP contribution in [0.15, 0.2) is 31.0 Å². The molecule has 27 heavy (non-hydrogen) atoms. The number of hydrogen-bond donors (Lipinski definition) is 0. The Kier molecular flexibility index (Phi) is 6.68. The number of hydrogen-bond acceptors (Lipinski definition) is 7.